The summed E-state index contributed by atoms with van der Waals surface area (Å²) < 4.78 is 0. The Morgan fingerprint density at radius 2 is 2.10 bits per heavy atom. The molecule has 110 valence electrons. The summed E-state index contributed by atoms with van der Waals surface area (Å²) >= 11 is 5.97. The maximum Gasteiger partial charge on any atom is 0.253 e. The molecule has 1 aliphatic rings. The van der Waals surface area contributed by atoms with Crippen molar-refractivity contribution < 1.29 is 4.79 Å². The SMILES string of the molecule is CC(C)C(CN1CCC1)N(C)C(=O)c1cccc(Cl)c1. The van der Waals surface area contributed by atoms with Crippen molar-refractivity contribution in [3.8, 4) is 0 Å². The summed E-state index contributed by atoms with van der Waals surface area (Å²) in [5.41, 5.74) is 0.661. The maximum atomic E-state index is 12.6. The molecule has 1 atom stereocenters. The first-order chi connectivity index (χ1) is 9.49. The van der Waals surface area contributed by atoms with E-state index in [1.54, 1.807) is 12.1 Å². The molecule has 2 rings (SSSR count). The third-order valence-corrected chi connectivity index (χ3v) is 4.29. The molecule has 1 heterocycles. The predicted octanol–water partition coefficient (Wildman–Crippen LogP) is 3.14. The number of rotatable bonds is 5. The van der Waals surface area contributed by atoms with Gasteiger partial charge in [0.2, 0.25) is 0 Å². The Morgan fingerprint density at radius 3 is 2.60 bits per heavy atom. The zero-order chi connectivity index (χ0) is 14.7. The standard InChI is InChI=1S/C16H23ClN2O/c1-12(2)15(11-19-8-5-9-19)18(3)16(20)13-6-4-7-14(17)10-13/h4,6-7,10,12,15H,5,8-9,11H2,1-3H3. The van der Waals surface area contributed by atoms with Crippen molar-refractivity contribution >= 4 is 17.5 Å². The van der Waals surface area contributed by atoms with E-state index < -0.39 is 0 Å². The fraction of sp³-hybridized carbons (Fsp3) is 0.562. The Kier molecular flexibility index (Phi) is 5.06. The lowest BCUT2D eigenvalue weighted by Crippen LogP contribution is -2.51. The van der Waals surface area contributed by atoms with Crippen LogP contribution < -0.4 is 0 Å². The number of hydrogen-bond donors (Lipinski definition) is 0. The molecule has 20 heavy (non-hydrogen) atoms. The molecular formula is C16H23ClN2O. The lowest BCUT2D eigenvalue weighted by Gasteiger charge is -2.39. The number of hydrogen-bond acceptors (Lipinski definition) is 2. The zero-order valence-electron chi connectivity index (χ0n) is 12.5. The van der Waals surface area contributed by atoms with E-state index >= 15 is 0 Å². The van der Waals surface area contributed by atoms with Crippen molar-refractivity contribution in [3.05, 3.63) is 34.9 Å². The molecule has 0 spiro atoms. The zero-order valence-corrected chi connectivity index (χ0v) is 13.2. The number of carbonyl (C=O) groups is 1. The van der Waals surface area contributed by atoms with Crippen molar-refractivity contribution in [3.63, 3.8) is 0 Å². The molecule has 4 heteroatoms. The van der Waals surface area contributed by atoms with E-state index in [4.69, 9.17) is 11.6 Å². The summed E-state index contributed by atoms with van der Waals surface area (Å²) in [4.78, 5) is 16.9. The quantitative estimate of drug-likeness (QED) is 0.833. The van der Waals surface area contributed by atoms with Crippen LogP contribution in [0.4, 0.5) is 0 Å². The molecule has 3 nitrogen and oxygen atoms in total. The Hall–Kier alpha value is -1.06. The Bertz CT molecular complexity index is 471. The van der Waals surface area contributed by atoms with E-state index in [1.165, 1.54) is 6.42 Å². The first-order valence-electron chi connectivity index (χ1n) is 7.24. The number of likely N-dealkylation sites (tertiary alicyclic amines) is 1. The van der Waals surface area contributed by atoms with Gasteiger partial charge in [-0.15, -0.1) is 0 Å². The second-order valence-corrected chi connectivity index (χ2v) is 6.33. The van der Waals surface area contributed by atoms with Crippen molar-refractivity contribution in [2.45, 2.75) is 26.3 Å². The minimum absolute atomic E-state index is 0.0479. The van der Waals surface area contributed by atoms with Crippen LogP contribution in [0.5, 0.6) is 0 Å². The van der Waals surface area contributed by atoms with Gasteiger partial charge >= 0.3 is 0 Å². The topological polar surface area (TPSA) is 23.6 Å². The van der Waals surface area contributed by atoms with Gasteiger partial charge < -0.3 is 9.80 Å². The molecule has 0 bridgehead atoms. The van der Waals surface area contributed by atoms with Gasteiger partial charge in [0, 0.05) is 30.2 Å². The van der Waals surface area contributed by atoms with Gasteiger partial charge in [-0.05, 0) is 43.6 Å². The normalized spacial score (nSPS) is 16.9. The first-order valence-corrected chi connectivity index (χ1v) is 7.62. The number of likely N-dealkylation sites (N-methyl/N-ethyl adjacent to an activating group) is 1. The number of amides is 1. The number of benzene rings is 1. The van der Waals surface area contributed by atoms with Crippen molar-refractivity contribution in [1.29, 1.82) is 0 Å². The summed E-state index contributed by atoms with van der Waals surface area (Å²) in [6.45, 7) is 7.61. The van der Waals surface area contributed by atoms with Crippen molar-refractivity contribution in [1.82, 2.24) is 9.80 Å². The molecule has 0 aromatic heterocycles. The molecule has 0 aliphatic carbocycles. The van der Waals surface area contributed by atoms with Crippen molar-refractivity contribution in [2.24, 2.45) is 5.92 Å². The van der Waals surface area contributed by atoms with E-state index in [0.29, 0.717) is 16.5 Å². The van der Waals surface area contributed by atoms with Crippen LogP contribution in [0.1, 0.15) is 30.6 Å². The van der Waals surface area contributed by atoms with Crippen LogP contribution in [0.3, 0.4) is 0 Å². The number of halogens is 1. The van der Waals surface area contributed by atoms with E-state index in [-0.39, 0.29) is 11.9 Å². The third-order valence-electron chi connectivity index (χ3n) is 4.05. The smallest absolute Gasteiger partial charge is 0.253 e. The van der Waals surface area contributed by atoms with Crippen LogP contribution in [0, 0.1) is 5.92 Å². The molecule has 1 fully saturated rings. The fourth-order valence-electron chi connectivity index (χ4n) is 2.59. The highest BCUT2D eigenvalue weighted by Crippen LogP contribution is 2.19. The van der Waals surface area contributed by atoms with Gasteiger partial charge in [-0.3, -0.25) is 4.79 Å². The molecule has 1 aliphatic heterocycles. The summed E-state index contributed by atoms with van der Waals surface area (Å²) in [6, 6.07) is 7.41. The second kappa shape index (κ2) is 6.59. The van der Waals surface area contributed by atoms with E-state index in [1.807, 2.05) is 24.1 Å². The van der Waals surface area contributed by atoms with Gasteiger partial charge in [0.05, 0.1) is 0 Å². The summed E-state index contributed by atoms with van der Waals surface area (Å²) in [5.74, 6) is 0.482. The highest BCUT2D eigenvalue weighted by molar-refractivity contribution is 6.30. The number of nitrogens with zero attached hydrogens (tertiary/aromatic N) is 2. The lowest BCUT2D eigenvalue weighted by atomic mass is 10.00. The van der Waals surface area contributed by atoms with Gasteiger partial charge in [0.1, 0.15) is 0 Å². The molecule has 1 amide bonds. The van der Waals surface area contributed by atoms with Crippen molar-refractivity contribution in [2.75, 3.05) is 26.7 Å². The molecule has 1 unspecified atom stereocenters. The highest BCUT2D eigenvalue weighted by atomic mass is 35.5. The first kappa shape index (κ1) is 15.3. The van der Waals surface area contributed by atoms with Crippen LogP contribution >= 0.6 is 11.6 Å². The van der Waals surface area contributed by atoms with E-state index in [0.717, 1.165) is 19.6 Å². The average Bonchev–Trinajstić information content (AvgIpc) is 2.35. The monoisotopic (exact) mass is 294 g/mol. The summed E-state index contributed by atoms with van der Waals surface area (Å²) in [5, 5.41) is 0.605. The fourth-order valence-corrected chi connectivity index (χ4v) is 2.78. The summed E-state index contributed by atoms with van der Waals surface area (Å²) in [7, 11) is 1.90. The number of carbonyl (C=O) groups excluding carboxylic acids is 1. The Morgan fingerprint density at radius 1 is 1.40 bits per heavy atom. The molecule has 1 aromatic rings. The molecule has 0 radical (unpaired) electrons. The molecular weight excluding hydrogens is 272 g/mol. The molecule has 0 N–H and O–H groups in total. The van der Waals surface area contributed by atoms with Gasteiger partial charge in [-0.2, -0.15) is 0 Å². The van der Waals surface area contributed by atoms with Gasteiger partial charge in [-0.25, -0.2) is 0 Å². The molecule has 0 saturated carbocycles. The van der Waals surface area contributed by atoms with Gasteiger partial charge in [0.25, 0.3) is 5.91 Å². The van der Waals surface area contributed by atoms with Gasteiger partial charge in [-0.1, -0.05) is 31.5 Å². The lowest BCUT2D eigenvalue weighted by molar-refractivity contribution is 0.0564. The summed E-state index contributed by atoms with van der Waals surface area (Å²) in [6.07, 6.45) is 1.27. The van der Waals surface area contributed by atoms with Crippen LogP contribution in [-0.4, -0.2) is 48.4 Å². The minimum Gasteiger partial charge on any atom is -0.337 e. The van der Waals surface area contributed by atoms with Crippen LogP contribution in [-0.2, 0) is 0 Å². The predicted molar refractivity (Wildman–Crippen MR) is 83.2 cm³/mol. The minimum atomic E-state index is 0.0479. The van der Waals surface area contributed by atoms with E-state index in [9.17, 15) is 4.79 Å². The Balaban J connectivity index is 2.09. The van der Waals surface area contributed by atoms with Crippen LogP contribution in [0.25, 0.3) is 0 Å². The molecule has 1 saturated heterocycles. The highest BCUT2D eigenvalue weighted by Gasteiger charge is 2.27. The second-order valence-electron chi connectivity index (χ2n) is 5.89. The maximum absolute atomic E-state index is 12.6. The van der Waals surface area contributed by atoms with Crippen LogP contribution in [0.2, 0.25) is 5.02 Å². The molecule has 1 aromatic carbocycles. The van der Waals surface area contributed by atoms with E-state index in [2.05, 4.69) is 18.7 Å². The third kappa shape index (κ3) is 3.53. The largest absolute Gasteiger partial charge is 0.337 e. The van der Waals surface area contributed by atoms with Crippen LogP contribution in [0.15, 0.2) is 24.3 Å². The van der Waals surface area contributed by atoms with Gasteiger partial charge in [0.15, 0.2) is 0 Å². The average molecular weight is 295 g/mol. The Labute approximate surface area is 126 Å².